The number of amides is 1. The lowest BCUT2D eigenvalue weighted by molar-refractivity contribution is 0.0853. The number of halogens is 1. The van der Waals surface area contributed by atoms with Crippen LogP contribution in [0.15, 0.2) is 60.8 Å². The number of para-hydroxylation sites is 1. The molecule has 1 aromatic heterocycles. The summed E-state index contributed by atoms with van der Waals surface area (Å²) in [6, 6.07) is 14.9. The number of aliphatic hydroxyl groups excluding tert-OH is 1. The summed E-state index contributed by atoms with van der Waals surface area (Å²) in [7, 11) is 0. The van der Waals surface area contributed by atoms with Crippen LogP contribution in [-0.2, 0) is 6.42 Å². The van der Waals surface area contributed by atoms with E-state index in [2.05, 4.69) is 10.4 Å². The Kier molecular flexibility index (Phi) is 3.82. The Balaban J connectivity index is 1.56. The molecule has 6 heteroatoms. The molecule has 0 aliphatic heterocycles. The van der Waals surface area contributed by atoms with Crippen LogP contribution >= 0.6 is 0 Å². The largest absolute Gasteiger partial charge is 0.390 e. The van der Waals surface area contributed by atoms with Crippen molar-refractivity contribution in [3.8, 4) is 5.69 Å². The van der Waals surface area contributed by atoms with Crippen LogP contribution in [0.5, 0.6) is 0 Å². The molecule has 0 unspecified atom stereocenters. The minimum Gasteiger partial charge on any atom is -0.390 e. The molecule has 0 radical (unpaired) electrons. The molecule has 0 fully saturated rings. The van der Waals surface area contributed by atoms with Crippen LogP contribution in [0.2, 0.25) is 0 Å². The second-order valence-electron chi connectivity index (χ2n) is 6.02. The molecule has 0 saturated carbocycles. The fourth-order valence-electron chi connectivity index (χ4n) is 3.18. The lowest BCUT2D eigenvalue weighted by atomic mass is 10.1. The molecule has 2 N–H and O–H groups in total. The zero-order chi connectivity index (χ0) is 17.4. The van der Waals surface area contributed by atoms with E-state index in [1.54, 1.807) is 18.2 Å². The summed E-state index contributed by atoms with van der Waals surface area (Å²) in [5.41, 5.74) is 2.38. The molecular formula is C19H16FN3O2. The number of benzene rings is 2. The summed E-state index contributed by atoms with van der Waals surface area (Å²) < 4.78 is 15.2. The van der Waals surface area contributed by atoms with Gasteiger partial charge in [-0.25, -0.2) is 9.07 Å². The molecule has 0 saturated heterocycles. The van der Waals surface area contributed by atoms with Gasteiger partial charge in [0.2, 0.25) is 0 Å². The quantitative estimate of drug-likeness (QED) is 0.771. The van der Waals surface area contributed by atoms with Crippen molar-refractivity contribution in [3.63, 3.8) is 0 Å². The highest BCUT2D eigenvalue weighted by Gasteiger charge is 2.32. The van der Waals surface area contributed by atoms with Gasteiger partial charge in [-0.1, -0.05) is 36.4 Å². The molecule has 1 aliphatic carbocycles. The van der Waals surface area contributed by atoms with Gasteiger partial charge in [0, 0.05) is 12.6 Å². The summed E-state index contributed by atoms with van der Waals surface area (Å²) in [5.74, 6) is -0.825. The van der Waals surface area contributed by atoms with Crippen molar-refractivity contribution in [3.05, 3.63) is 83.4 Å². The van der Waals surface area contributed by atoms with Gasteiger partial charge in [0.25, 0.3) is 5.91 Å². The Labute approximate surface area is 143 Å². The van der Waals surface area contributed by atoms with Crippen LogP contribution in [-0.4, -0.2) is 26.9 Å². The topological polar surface area (TPSA) is 67.2 Å². The Morgan fingerprint density at radius 2 is 1.92 bits per heavy atom. The van der Waals surface area contributed by atoms with E-state index in [1.165, 1.54) is 23.0 Å². The summed E-state index contributed by atoms with van der Waals surface area (Å²) in [4.78, 5) is 12.5. The van der Waals surface area contributed by atoms with Crippen molar-refractivity contribution < 1.29 is 14.3 Å². The number of hydrogen-bond acceptors (Lipinski definition) is 3. The molecule has 5 nitrogen and oxygen atoms in total. The van der Waals surface area contributed by atoms with E-state index in [1.807, 2.05) is 24.3 Å². The van der Waals surface area contributed by atoms with Gasteiger partial charge in [0.1, 0.15) is 11.5 Å². The fourth-order valence-corrected chi connectivity index (χ4v) is 3.18. The Bertz CT molecular complexity index is 938. The number of nitrogens with zero attached hydrogens (tertiary/aromatic N) is 2. The molecule has 2 atom stereocenters. The zero-order valence-electron chi connectivity index (χ0n) is 13.3. The average molecular weight is 337 g/mol. The molecular weight excluding hydrogens is 321 g/mol. The van der Waals surface area contributed by atoms with Crippen molar-refractivity contribution in [1.29, 1.82) is 0 Å². The number of aromatic nitrogens is 2. The van der Waals surface area contributed by atoms with Gasteiger partial charge in [-0.15, -0.1) is 0 Å². The lowest BCUT2D eigenvalue weighted by Crippen LogP contribution is -2.34. The third kappa shape index (κ3) is 2.81. The van der Waals surface area contributed by atoms with E-state index in [9.17, 15) is 14.3 Å². The SMILES string of the molecule is O=C(N[C@@H]1c2ccccc2C[C@@H]1O)c1ccn(-c2ccccc2F)n1. The number of carbonyl (C=O) groups is 1. The Morgan fingerprint density at radius 3 is 2.76 bits per heavy atom. The normalized spacial score (nSPS) is 18.8. The predicted molar refractivity (Wildman–Crippen MR) is 89.9 cm³/mol. The van der Waals surface area contributed by atoms with Gasteiger partial charge in [-0.2, -0.15) is 5.10 Å². The maximum Gasteiger partial charge on any atom is 0.272 e. The van der Waals surface area contributed by atoms with E-state index in [0.29, 0.717) is 6.42 Å². The molecule has 1 heterocycles. The molecule has 4 rings (SSSR count). The van der Waals surface area contributed by atoms with Crippen molar-refractivity contribution in [2.24, 2.45) is 0 Å². The number of aliphatic hydroxyl groups is 1. The van der Waals surface area contributed by atoms with Gasteiger partial charge >= 0.3 is 0 Å². The maximum atomic E-state index is 13.8. The smallest absolute Gasteiger partial charge is 0.272 e. The maximum absolute atomic E-state index is 13.8. The molecule has 126 valence electrons. The molecule has 1 aliphatic rings. The first-order chi connectivity index (χ1) is 12.1. The van der Waals surface area contributed by atoms with Crippen molar-refractivity contribution >= 4 is 5.91 Å². The van der Waals surface area contributed by atoms with E-state index in [4.69, 9.17) is 0 Å². The van der Waals surface area contributed by atoms with E-state index in [-0.39, 0.29) is 11.4 Å². The molecule has 0 bridgehead atoms. The van der Waals surface area contributed by atoms with Gasteiger partial charge in [-0.3, -0.25) is 4.79 Å². The summed E-state index contributed by atoms with van der Waals surface area (Å²) in [6.07, 6.45) is 1.37. The van der Waals surface area contributed by atoms with Gasteiger partial charge in [0.05, 0.1) is 12.1 Å². The van der Waals surface area contributed by atoms with Crippen LogP contribution in [0.4, 0.5) is 4.39 Å². The highest BCUT2D eigenvalue weighted by atomic mass is 19.1. The van der Waals surface area contributed by atoms with Crippen molar-refractivity contribution in [2.75, 3.05) is 0 Å². The number of carbonyl (C=O) groups excluding carboxylic acids is 1. The minimum atomic E-state index is -0.671. The molecule has 3 aromatic rings. The lowest BCUT2D eigenvalue weighted by Gasteiger charge is -2.17. The van der Waals surface area contributed by atoms with Crippen molar-refractivity contribution in [2.45, 2.75) is 18.6 Å². The standard InChI is InChI=1S/C19H16FN3O2/c20-14-7-3-4-8-16(14)23-10-9-15(22-23)19(25)21-18-13-6-2-1-5-12(13)11-17(18)24/h1-10,17-18,24H,11H2,(H,21,25)/t17-,18+/m0/s1. The third-order valence-electron chi connectivity index (χ3n) is 4.41. The van der Waals surface area contributed by atoms with Gasteiger partial charge < -0.3 is 10.4 Å². The summed E-state index contributed by atoms with van der Waals surface area (Å²) in [5, 5.41) is 17.2. The second kappa shape index (κ2) is 6.14. The van der Waals surface area contributed by atoms with Crippen LogP contribution in [0.3, 0.4) is 0 Å². The first-order valence-electron chi connectivity index (χ1n) is 8.01. The predicted octanol–water partition coefficient (Wildman–Crippen LogP) is 2.40. The Morgan fingerprint density at radius 1 is 1.16 bits per heavy atom. The van der Waals surface area contributed by atoms with Gasteiger partial charge in [-0.05, 0) is 29.3 Å². The highest BCUT2D eigenvalue weighted by molar-refractivity contribution is 5.92. The van der Waals surface area contributed by atoms with Gasteiger partial charge in [0.15, 0.2) is 5.69 Å². The molecule has 1 amide bonds. The van der Waals surface area contributed by atoms with Crippen LogP contribution in [0.1, 0.15) is 27.7 Å². The number of nitrogens with one attached hydrogen (secondary N) is 1. The van der Waals surface area contributed by atoms with Crippen LogP contribution in [0, 0.1) is 5.82 Å². The molecule has 25 heavy (non-hydrogen) atoms. The van der Waals surface area contributed by atoms with E-state index in [0.717, 1.165) is 11.1 Å². The number of hydrogen-bond donors (Lipinski definition) is 2. The van der Waals surface area contributed by atoms with Crippen molar-refractivity contribution in [1.82, 2.24) is 15.1 Å². The first kappa shape index (κ1) is 15.5. The number of rotatable bonds is 3. The fraction of sp³-hybridized carbons (Fsp3) is 0.158. The van der Waals surface area contributed by atoms with E-state index < -0.39 is 23.9 Å². The van der Waals surface area contributed by atoms with Crippen LogP contribution < -0.4 is 5.32 Å². The zero-order valence-corrected chi connectivity index (χ0v) is 13.3. The van der Waals surface area contributed by atoms with E-state index >= 15 is 0 Å². The summed E-state index contributed by atoms with van der Waals surface area (Å²) in [6.45, 7) is 0. The molecule has 2 aromatic carbocycles. The second-order valence-corrected chi connectivity index (χ2v) is 6.02. The monoisotopic (exact) mass is 337 g/mol. The van der Waals surface area contributed by atoms with Crippen LogP contribution in [0.25, 0.3) is 5.69 Å². The summed E-state index contributed by atoms with van der Waals surface area (Å²) >= 11 is 0. The average Bonchev–Trinajstić information content (AvgIpc) is 3.21. The third-order valence-corrected chi connectivity index (χ3v) is 4.41. The Hall–Kier alpha value is -2.99. The molecule has 0 spiro atoms. The number of fused-ring (bicyclic) bond motifs is 1. The highest BCUT2D eigenvalue weighted by Crippen LogP contribution is 2.31. The minimum absolute atomic E-state index is 0.167. The first-order valence-corrected chi connectivity index (χ1v) is 8.01.